The van der Waals surface area contributed by atoms with Crippen molar-refractivity contribution in [2.45, 2.75) is 12.8 Å². The Hall–Kier alpha value is -3.26. The zero-order valence-corrected chi connectivity index (χ0v) is 13.5. The molecule has 1 aliphatic carbocycles. The lowest BCUT2D eigenvalue weighted by atomic mass is 10.1. The molecule has 0 spiro atoms. The smallest absolute Gasteiger partial charge is 0.244 e. The van der Waals surface area contributed by atoms with Crippen molar-refractivity contribution in [3.05, 3.63) is 53.6 Å². The Balaban J connectivity index is 1.42. The number of rotatable bonds is 4. The first-order valence-corrected chi connectivity index (χ1v) is 8.09. The van der Waals surface area contributed by atoms with Gasteiger partial charge in [-0.1, -0.05) is 30.4 Å². The third-order valence-electron chi connectivity index (χ3n) is 4.43. The summed E-state index contributed by atoms with van der Waals surface area (Å²) in [6.45, 7) is 0.267. The lowest BCUT2D eigenvalue weighted by molar-refractivity contribution is -0.119. The number of benzene rings is 2. The largest absolute Gasteiger partial charge is 0.454 e. The van der Waals surface area contributed by atoms with E-state index in [9.17, 15) is 4.79 Å². The van der Waals surface area contributed by atoms with Gasteiger partial charge in [0.1, 0.15) is 5.41 Å². The number of nitrogens with one attached hydrogen (secondary N) is 1. The fourth-order valence-electron chi connectivity index (χ4n) is 2.65. The number of amides is 1. The summed E-state index contributed by atoms with van der Waals surface area (Å²) in [6.07, 6.45) is 5.27. The maximum absolute atomic E-state index is 12.0. The number of ether oxygens (including phenoxy) is 2. The molecule has 1 saturated carbocycles. The van der Waals surface area contributed by atoms with Crippen LogP contribution in [-0.4, -0.2) is 12.7 Å². The van der Waals surface area contributed by atoms with E-state index in [1.807, 2.05) is 54.6 Å². The van der Waals surface area contributed by atoms with Gasteiger partial charge >= 0.3 is 0 Å². The van der Waals surface area contributed by atoms with Crippen molar-refractivity contribution in [2.75, 3.05) is 12.1 Å². The van der Waals surface area contributed by atoms with Gasteiger partial charge in [-0.25, -0.2) is 0 Å². The molecule has 0 bridgehead atoms. The Morgan fingerprint density at radius 1 is 1.04 bits per heavy atom. The van der Waals surface area contributed by atoms with Gasteiger partial charge < -0.3 is 14.8 Å². The van der Waals surface area contributed by atoms with Crippen LogP contribution in [0.1, 0.15) is 24.0 Å². The predicted octanol–water partition coefficient (Wildman–Crippen LogP) is 3.83. The third kappa shape index (κ3) is 3.07. The van der Waals surface area contributed by atoms with Crippen LogP contribution in [-0.2, 0) is 4.79 Å². The molecule has 2 aromatic carbocycles. The van der Waals surface area contributed by atoms with Gasteiger partial charge in [-0.15, -0.1) is 0 Å². The average molecular weight is 332 g/mol. The zero-order valence-electron chi connectivity index (χ0n) is 13.5. The number of hydrogen-bond donors (Lipinski definition) is 1. The number of carbonyl (C=O) groups excluding carboxylic acids is 1. The minimum absolute atomic E-state index is 0.210. The van der Waals surface area contributed by atoms with Crippen LogP contribution in [0.2, 0.25) is 0 Å². The van der Waals surface area contributed by atoms with Crippen molar-refractivity contribution in [1.82, 2.24) is 0 Å². The standard InChI is InChI=1S/C20H16N2O3/c21-12-20(9-10-20)19(23)22-16-6-3-14(4-7-16)1-2-15-5-8-17-18(11-15)25-13-24-17/h1-8,11H,9-10,13H2,(H,22,23)/b2-1+. The monoisotopic (exact) mass is 332 g/mol. The first kappa shape index (κ1) is 15.3. The predicted molar refractivity (Wildman–Crippen MR) is 93.8 cm³/mol. The van der Waals surface area contributed by atoms with Gasteiger partial charge in [-0.3, -0.25) is 4.79 Å². The van der Waals surface area contributed by atoms with Crippen LogP contribution in [0.25, 0.3) is 12.2 Å². The van der Waals surface area contributed by atoms with Gasteiger partial charge in [0.2, 0.25) is 12.7 Å². The van der Waals surface area contributed by atoms with Crippen LogP contribution < -0.4 is 14.8 Å². The highest BCUT2D eigenvalue weighted by Gasteiger charge is 2.50. The zero-order chi connectivity index (χ0) is 17.3. The van der Waals surface area contributed by atoms with E-state index >= 15 is 0 Å². The summed E-state index contributed by atoms with van der Waals surface area (Å²) in [4.78, 5) is 12.0. The fourth-order valence-corrected chi connectivity index (χ4v) is 2.65. The number of fused-ring (bicyclic) bond motifs is 1. The Morgan fingerprint density at radius 2 is 1.72 bits per heavy atom. The molecule has 1 amide bonds. The van der Waals surface area contributed by atoms with E-state index in [4.69, 9.17) is 14.7 Å². The van der Waals surface area contributed by atoms with E-state index in [0.717, 1.165) is 22.6 Å². The second-order valence-electron chi connectivity index (χ2n) is 6.22. The van der Waals surface area contributed by atoms with Gasteiger partial charge in [-0.2, -0.15) is 5.26 Å². The van der Waals surface area contributed by atoms with Gasteiger partial charge in [0.15, 0.2) is 11.5 Å². The summed E-state index contributed by atoms with van der Waals surface area (Å²) in [7, 11) is 0. The summed E-state index contributed by atoms with van der Waals surface area (Å²) >= 11 is 0. The molecule has 0 atom stereocenters. The SMILES string of the molecule is N#CC1(C(=O)Nc2ccc(/C=C/c3ccc4c(c3)OCO4)cc2)CC1. The van der Waals surface area contributed by atoms with Crippen molar-refractivity contribution in [1.29, 1.82) is 5.26 Å². The Labute approximate surface area is 145 Å². The second kappa shape index (κ2) is 5.99. The van der Waals surface area contributed by atoms with E-state index in [0.29, 0.717) is 18.5 Å². The molecule has 0 saturated heterocycles. The van der Waals surface area contributed by atoms with E-state index < -0.39 is 5.41 Å². The summed E-state index contributed by atoms with van der Waals surface area (Å²) in [6, 6.07) is 15.4. The summed E-state index contributed by atoms with van der Waals surface area (Å²) < 4.78 is 10.7. The Morgan fingerprint density at radius 3 is 2.44 bits per heavy atom. The minimum Gasteiger partial charge on any atom is -0.454 e. The molecule has 0 aromatic heterocycles. The van der Waals surface area contributed by atoms with E-state index in [2.05, 4.69) is 11.4 Å². The number of carbonyl (C=O) groups is 1. The van der Waals surface area contributed by atoms with Crippen molar-refractivity contribution < 1.29 is 14.3 Å². The van der Waals surface area contributed by atoms with Crippen molar-refractivity contribution in [3.63, 3.8) is 0 Å². The first-order chi connectivity index (χ1) is 12.2. The molecule has 1 N–H and O–H groups in total. The lowest BCUT2D eigenvalue weighted by Crippen LogP contribution is -2.22. The molecule has 2 aromatic rings. The van der Waals surface area contributed by atoms with Crippen LogP contribution in [0.3, 0.4) is 0 Å². The maximum Gasteiger partial charge on any atom is 0.244 e. The van der Waals surface area contributed by atoms with Crippen LogP contribution in [0.15, 0.2) is 42.5 Å². The number of hydrogen-bond acceptors (Lipinski definition) is 4. The minimum atomic E-state index is -0.808. The highest BCUT2D eigenvalue weighted by Crippen LogP contribution is 2.45. The van der Waals surface area contributed by atoms with Crippen LogP contribution in [0, 0.1) is 16.7 Å². The van der Waals surface area contributed by atoms with Gasteiger partial charge in [0, 0.05) is 5.69 Å². The topological polar surface area (TPSA) is 71.4 Å². The number of nitriles is 1. The second-order valence-corrected chi connectivity index (χ2v) is 6.22. The molecule has 1 aliphatic heterocycles. The molecule has 5 nitrogen and oxygen atoms in total. The molecule has 1 heterocycles. The molecule has 0 radical (unpaired) electrons. The average Bonchev–Trinajstić information content (AvgIpc) is 3.31. The maximum atomic E-state index is 12.0. The van der Waals surface area contributed by atoms with Crippen LogP contribution >= 0.6 is 0 Å². The molecule has 124 valence electrons. The van der Waals surface area contributed by atoms with Crippen LogP contribution in [0.5, 0.6) is 11.5 Å². The third-order valence-corrected chi connectivity index (χ3v) is 4.43. The molecular weight excluding hydrogens is 316 g/mol. The molecule has 2 aliphatic rings. The van der Waals surface area contributed by atoms with Crippen molar-refractivity contribution in [2.24, 2.45) is 5.41 Å². The van der Waals surface area contributed by atoms with E-state index in [1.165, 1.54) is 0 Å². The first-order valence-electron chi connectivity index (χ1n) is 8.09. The summed E-state index contributed by atoms with van der Waals surface area (Å²) in [5.41, 5.74) is 1.92. The summed E-state index contributed by atoms with van der Waals surface area (Å²) in [5.74, 6) is 1.31. The normalized spacial score (nSPS) is 16.4. The van der Waals surface area contributed by atoms with Crippen LogP contribution in [0.4, 0.5) is 5.69 Å². The Kier molecular flexibility index (Phi) is 3.66. The van der Waals surface area contributed by atoms with Gasteiger partial charge in [-0.05, 0) is 48.2 Å². The quantitative estimate of drug-likeness (QED) is 0.864. The molecule has 1 fully saturated rings. The van der Waals surface area contributed by atoms with Gasteiger partial charge in [0.05, 0.1) is 6.07 Å². The van der Waals surface area contributed by atoms with Crippen molar-refractivity contribution >= 4 is 23.7 Å². The highest BCUT2D eigenvalue weighted by molar-refractivity contribution is 5.99. The fraction of sp³-hybridized carbons (Fsp3) is 0.200. The molecule has 5 heteroatoms. The van der Waals surface area contributed by atoms with E-state index in [-0.39, 0.29) is 12.7 Å². The molecule has 25 heavy (non-hydrogen) atoms. The van der Waals surface area contributed by atoms with E-state index in [1.54, 1.807) is 0 Å². The number of anilines is 1. The molecular formula is C20H16N2O3. The molecule has 4 rings (SSSR count). The van der Waals surface area contributed by atoms with Crippen molar-refractivity contribution in [3.8, 4) is 17.6 Å². The highest BCUT2D eigenvalue weighted by atomic mass is 16.7. The number of nitrogens with zero attached hydrogens (tertiary/aromatic N) is 1. The Bertz CT molecular complexity index is 890. The van der Waals surface area contributed by atoms with Gasteiger partial charge in [0.25, 0.3) is 0 Å². The lowest BCUT2D eigenvalue weighted by Gasteiger charge is -2.08. The summed E-state index contributed by atoms with van der Waals surface area (Å²) in [5, 5.41) is 11.9. The molecule has 0 unspecified atom stereocenters.